The fraction of sp³-hybridized carbons (Fsp3) is 0.538. The summed E-state index contributed by atoms with van der Waals surface area (Å²) in [5.74, 6) is 0.151. The molecule has 1 fully saturated rings. The van der Waals surface area contributed by atoms with Gasteiger partial charge in [-0.3, -0.25) is 0 Å². The molecule has 0 bridgehead atoms. The number of nitrogens with zero attached hydrogens (tertiary/aromatic N) is 2. The lowest BCUT2D eigenvalue weighted by molar-refractivity contribution is 0.271. The van der Waals surface area contributed by atoms with E-state index in [1.807, 2.05) is 6.07 Å². The standard InChI is InChI=1S/C13H18ClFN2/c1-2-16-5-7-17(8-6-16)13-4-3-12(15)9-11(13)10-14/h3-4,9H,2,5-8,10H2,1H3. The van der Waals surface area contributed by atoms with Crippen molar-refractivity contribution in [2.24, 2.45) is 0 Å². The molecule has 1 aliphatic rings. The lowest BCUT2D eigenvalue weighted by Crippen LogP contribution is -2.46. The Balaban J connectivity index is 2.12. The van der Waals surface area contributed by atoms with Crippen molar-refractivity contribution in [3.8, 4) is 0 Å². The Morgan fingerprint density at radius 1 is 1.24 bits per heavy atom. The van der Waals surface area contributed by atoms with E-state index in [4.69, 9.17) is 11.6 Å². The van der Waals surface area contributed by atoms with Crippen molar-refractivity contribution >= 4 is 17.3 Å². The van der Waals surface area contributed by atoms with Crippen LogP contribution in [0.25, 0.3) is 0 Å². The average molecular weight is 257 g/mol. The van der Waals surface area contributed by atoms with Crippen molar-refractivity contribution in [1.29, 1.82) is 0 Å². The summed E-state index contributed by atoms with van der Waals surface area (Å²) < 4.78 is 13.1. The number of likely N-dealkylation sites (N-methyl/N-ethyl adjacent to an activating group) is 1. The van der Waals surface area contributed by atoms with E-state index >= 15 is 0 Å². The van der Waals surface area contributed by atoms with Gasteiger partial charge >= 0.3 is 0 Å². The van der Waals surface area contributed by atoms with Crippen LogP contribution in [0.2, 0.25) is 0 Å². The molecule has 0 unspecified atom stereocenters. The van der Waals surface area contributed by atoms with Gasteiger partial charge in [0.2, 0.25) is 0 Å². The molecule has 0 radical (unpaired) electrons. The smallest absolute Gasteiger partial charge is 0.123 e. The second-order valence-electron chi connectivity index (χ2n) is 4.33. The van der Waals surface area contributed by atoms with Gasteiger partial charge in [-0.05, 0) is 30.3 Å². The zero-order chi connectivity index (χ0) is 12.3. The van der Waals surface area contributed by atoms with Crippen molar-refractivity contribution in [3.63, 3.8) is 0 Å². The number of benzene rings is 1. The highest BCUT2D eigenvalue weighted by molar-refractivity contribution is 6.17. The van der Waals surface area contributed by atoms with Crippen molar-refractivity contribution in [1.82, 2.24) is 4.90 Å². The number of hydrogen-bond acceptors (Lipinski definition) is 2. The highest BCUT2D eigenvalue weighted by Gasteiger charge is 2.18. The Labute approximate surface area is 107 Å². The molecule has 2 nitrogen and oxygen atoms in total. The quantitative estimate of drug-likeness (QED) is 0.768. The summed E-state index contributed by atoms with van der Waals surface area (Å²) >= 11 is 5.88. The first-order valence-electron chi connectivity index (χ1n) is 6.06. The van der Waals surface area contributed by atoms with E-state index in [2.05, 4.69) is 16.7 Å². The Kier molecular flexibility index (Phi) is 4.24. The third-order valence-electron chi connectivity index (χ3n) is 3.35. The summed E-state index contributed by atoms with van der Waals surface area (Å²) in [6.07, 6.45) is 0. The van der Waals surface area contributed by atoms with Crippen molar-refractivity contribution < 1.29 is 4.39 Å². The lowest BCUT2D eigenvalue weighted by atomic mass is 10.1. The van der Waals surface area contributed by atoms with Crippen molar-refractivity contribution in [3.05, 3.63) is 29.6 Å². The molecule has 4 heteroatoms. The van der Waals surface area contributed by atoms with E-state index in [-0.39, 0.29) is 5.82 Å². The average Bonchev–Trinajstić information content (AvgIpc) is 2.39. The number of hydrogen-bond donors (Lipinski definition) is 0. The number of anilines is 1. The minimum Gasteiger partial charge on any atom is -0.369 e. The van der Waals surface area contributed by atoms with Crippen LogP contribution < -0.4 is 4.90 Å². The van der Waals surface area contributed by atoms with Crippen LogP contribution in [0.4, 0.5) is 10.1 Å². The van der Waals surface area contributed by atoms with Crippen LogP contribution in [0.5, 0.6) is 0 Å². The molecular formula is C13H18ClFN2. The molecule has 94 valence electrons. The van der Waals surface area contributed by atoms with Gasteiger partial charge in [0.25, 0.3) is 0 Å². The Morgan fingerprint density at radius 2 is 1.94 bits per heavy atom. The van der Waals surface area contributed by atoms with E-state index in [0.29, 0.717) is 5.88 Å². The van der Waals surface area contributed by atoms with Gasteiger partial charge in [0.1, 0.15) is 5.82 Å². The Bertz CT molecular complexity index is 376. The fourth-order valence-corrected chi connectivity index (χ4v) is 2.49. The van der Waals surface area contributed by atoms with Crippen LogP contribution in [0, 0.1) is 5.82 Å². The van der Waals surface area contributed by atoms with Crippen LogP contribution in [-0.4, -0.2) is 37.6 Å². The first kappa shape index (κ1) is 12.7. The molecule has 1 heterocycles. The maximum absolute atomic E-state index is 13.1. The predicted octanol–water partition coefficient (Wildman–Crippen LogP) is 2.71. The molecule has 1 aromatic carbocycles. The molecule has 0 spiro atoms. The van der Waals surface area contributed by atoms with Crippen LogP contribution in [0.3, 0.4) is 0 Å². The van der Waals surface area contributed by atoms with Gasteiger partial charge in [-0.2, -0.15) is 0 Å². The molecular weight excluding hydrogens is 239 g/mol. The normalized spacial score (nSPS) is 17.5. The van der Waals surface area contributed by atoms with Gasteiger partial charge in [-0.1, -0.05) is 6.92 Å². The summed E-state index contributed by atoms with van der Waals surface area (Å²) in [4.78, 5) is 4.71. The topological polar surface area (TPSA) is 6.48 Å². The highest BCUT2D eigenvalue weighted by Crippen LogP contribution is 2.24. The summed E-state index contributed by atoms with van der Waals surface area (Å²) in [6.45, 7) is 7.38. The van der Waals surface area contributed by atoms with E-state index in [0.717, 1.165) is 44.0 Å². The molecule has 0 saturated carbocycles. The predicted molar refractivity (Wildman–Crippen MR) is 70.3 cm³/mol. The minimum absolute atomic E-state index is 0.211. The fourth-order valence-electron chi connectivity index (χ4n) is 2.27. The maximum atomic E-state index is 13.1. The maximum Gasteiger partial charge on any atom is 0.123 e. The van der Waals surface area contributed by atoms with Gasteiger partial charge in [0, 0.05) is 37.7 Å². The van der Waals surface area contributed by atoms with Gasteiger partial charge < -0.3 is 9.80 Å². The van der Waals surface area contributed by atoms with E-state index < -0.39 is 0 Å². The van der Waals surface area contributed by atoms with Crippen molar-refractivity contribution in [2.75, 3.05) is 37.6 Å². The second kappa shape index (κ2) is 5.69. The molecule has 0 aromatic heterocycles. The van der Waals surface area contributed by atoms with Crippen LogP contribution >= 0.6 is 11.6 Å². The SMILES string of the molecule is CCN1CCN(c2ccc(F)cc2CCl)CC1. The molecule has 17 heavy (non-hydrogen) atoms. The third-order valence-corrected chi connectivity index (χ3v) is 3.63. The zero-order valence-electron chi connectivity index (χ0n) is 10.1. The molecule has 1 aromatic rings. The molecule has 2 rings (SSSR count). The summed E-state index contributed by atoms with van der Waals surface area (Å²) in [7, 11) is 0. The van der Waals surface area contributed by atoms with Gasteiger partial charge in [0.15, 0.2) is 0 Å². The molecule has 0 atom stereocenters. The molecule has 1 saturated heterocycles. The summed E-state index contributed by atoms with van der Waals surface area (Å²) in [5, 5.41) is 0. The zero-order valence-corrected chi connectivity index (χ0v) is 10.9. The molecule has 0 aliphatic carbocycles. The second-order valence-corrected chi connectivity index (χ2v) is 4.60. The molecule has 1 aliphatic heterocycles. The van der Waals surface area contributed by atoms with E-state index in [1.54, 1.807) is 0 Å². The molecule has 0 N–H and O–H groups in total. The van der Waals surface area contributed by atoms with Gasteiger partial charge in [0.05, 0.1) is 0 Å². The van der Waals surface area contributed by atoms with E-state index in [1.165, 1.54) is 12.1 Å². The van der Waals surface area contributed by atoms with Crippen LogP contribution in [0.15, 0.2) is 18.2 Å². The number of halogens is 2. The highest BCUT2D eigenvalue weighted by atomic mass is 35.5. The molecule has 0 amide bonds. The number of rotatable bonds is 3. The number of alkyl halides is 1. The van der Waals surface area contributed by atoms with E-state index in [9.17, 15) is 4.39 Å². The monoisotopic (exact) mass is 256 g/mol. The van der Waals surface area contributed by atoms with Gasteiger partial charge in [-0.25, -0.2) is 4.39 Å². The van der Waals surface area contributed by atoms with Crippen molar-refractivity contribution in [2.45, 2.75) is 12.8 Å². The first-order chi connectivity index (χ1) is 8.24. The summed E-state index contributed by atoms with van der Waals surface area (Å²) in [5.41, 5.74) is 1.97. The lowest BCUT2D eigenvalue weighted by Gasteiger charge is -2.36. The van der Waals surface area contributed by atoms with Crippen LogP contribution in [0.1, 0.15) is 12.5 Å². The first-order valence-corrected chi connectivity index (χ1v) is 6.59. The van der Waals surface area contributed by atoms with Gasteiger partial charge in [-0.15, -0.1) is 11.6 Å². The third kappa shape index (κ3) is 2.90. The Hall–Kier alpha value is -0.800. The van der Waals surface area contributed by atoms with Crippen LogP contribution in [-0.2, 0) is 5.88 Å². The largest absolute Gasteiger partial charge is 0.369 e. The summed E-state index contributed by atoms with van der Waals surface area (Å²) in [6, 6.07) is 4.89. The minimum atomic E-state index is -0.211. The number of piperazine rings is 1. The Morgan fingerprint density at radius 3 is 2.53 bits per heavy atom.